The van der Waals surface area contributed by atoms with Crippen molar-refractivity contribution in [2.75, 3.05) is 17.7 Å². The van der Waals surface area contributed by atoms with Gasteiger partial charge in [0.25, 0.3) is 0 Å². The van der Waals surface area contributed by atoms with E-state index in [0.29, 0.717) is 0 Å². The number of ether oxygens (including phenoxy) is 1. The molecule has 0 aliphatic carbocycles. The van der Waals surface area contributed by atoms with Crippen molar-refractivity contribution in [1.29, 1.82) is 0 Å². The Kier molecular flexibility index (Phi) is 2.81. The first-order valence-corrected chi connectivity index (χ1v) is 6.15. The van der Waals surface area contributed by atoms with Crippen molar-refractivity contribution in [2.24, 2.45) is 0 Å². The molecule has 0 spiro atoms. The summed E-state index contributed by atoms with van der Waals surface area (Å²) in [7, 11) is 0. The molecule has 0 fully saturated rings. The van der Waals surface area contributed by atoms with Crippen LogP contribution in [0.25, 0.3) is 0 Å². The smallest absolute Gasteiger partial charge is 0.122 e. The molecule has 0 saturated carbocycles. The monoisotopic (exact) mass is 240 g/mol. The van der Waals surface area contributed by atoms with Crippen molar-refractivity contribution in [1.82, 2.24) is 0 Å². The molecule has 0 bridgehead atoms. The minimum Gasteiger partial charge on any atom is -0.493 e. The zero-order valence-corrected chi connectivity index (χ0v) is 10.1. The van der Waals surface area contributed by atoms with Gasteiger partial charge in [0.05, 0.1) is 6.61 Å². The van der Waals surface area contributed by atoms with Crippen LogP contribution in [0.1, 0.15) is 11.1 Å². The number of nitrogens with two attached hydrogens (primary N) is 1. The summed E-state index contributed by atoms with van der Waals surface area (Å²) in [5.41, 5.74) is 10.1. The average molecular weight is 240 g/mol. The summed E-state index contributed by atoms with van der Waals surface area (Å²) in [5, 5.41) is 3.41. The fourth-order valence-corrected chi connectivity index (χ4v) is 2.14. The van der Waals surface area contributed by atoms with Crippen molar-refractivity contribution in [3.8, 4) is 5.75 Å². The van der Waals surface area contributed by atoms with Crippen LogP contribution in [0.2, 0.25) is 0 Å². The first kappa shape index (κ1) is 11.0. The Morgan fingerprint density at radius 3 is 2.78 bits per heavy atom. The Bertz CT molecular complexity index is 549. The molecule has 0 saturated heterocycles. The number of fused-ring (bicyclic) bond motifs is 1. The first-order valence-electron chi connectivity index (χ1n) is 6.15. The van der Waals surface area contributed by atoms with Gasteiger partial charge >= 0.3 is 0 Å². The molecule has 3 N–H and O–H groups in total. The number of anilines is 2. The largest absolute Gasteiger partial charge is 0.493 e. The molecular formula is C15H16N2O. The Hall–Kier alpha value is -2.16. The van der Waals surface area contributed by atoms with Crippen molar-refractivity contribution in [3.05, 3.63) is 53.6 Å². The molecular weight excluding hydrogens is 224 g/mol. The second-order valence-electron chi connectivity index (χ2n) is 4.52. The molecule has 1 heterocycles. The van der Waals surface area contributed by atoms with Crippen LogP contribution in [0.15, 0.2) is 42.5 Å². The Morgan fingerprint density at radius 1 is 1.11 bits per heavy atom. The average Bonchev–Trinajstić information content (AvgIpc) is 2.85. The second-order valence-corrected chi connectivity index (χ2v) is 4.52. The highest BCUT2D eigenvalue weighted by molar-refractivity contribution is 5.53. The van der Waals surface area contributed by atoms with Gasteiger partial charge in [-0.1, -0.05) is 12.1 Å². The van der Waals surface area contributed by atoms with Crippen LogP contribution in [-0.4, -0.2) is 6.61 Å². The number of rotatable bonds is 3. The molecule has 1 aliphatic heterocycles. The zero-order chi connectivity index (χ0) is 12.4. The van der Waals surface area contributed by atoms with Gasteiger partial charge in [0.2, 0.25) is 0 Å². The lowest BCUT2D eigenvalue weighted by atomic mass is 10.1. The van der Waals surface area contributed by atoms with Gasteiger partial charge in [-0.25, -0.2) is 0 Å². The van der Waals surface area contributed by atoms with E-state index < -0.39 is 0 Å². The van der Waals surface area contributed by atoms with Gasteiger partial charge in [-0.15, -0.1) is 0 Å². The predicted molar refractivity (Wildman–Crippen MR) is 73.8 cm³/mol. The molecule has 0 unspecified atom stereocenters. The molecule has 0 amide bonds. The van der Waals surface area contributed by atoms with Crippen LogP contribution < -0.4 is 15.8 Å². The van der Waals surface area contributed by atoms with Gasteiger partial charge in [0.1, 0.15) is 5.75 Å². The third kappa shape index (κ3) is 2.25. The maximum atomic E-state index is 5.66. The fourth-order valence-electron chi connectivity index (χ4n) is 2.14. The molecule has 2 aromatic carbocycles. The molecule has 3 rings (SSSR count). The van der Waals surface area contributed by atoms with E-state index in [0.717, 1.165) is 36.7 Å². The third-order valence-electron chi connectivity index (χ3n) is 3.17. The molecule has 92 valence electrons. The molecule has 0 aromatic heterocycles. The number of hydrogen-bond donors (Lipinski definition) is 2. The maximum absolute atomic E-state index is 5.66. The molecule has 1 aliphatic rings. The molecule has 3 nitrogen and oxygen atoms in total. The van der Waals surface area contributed by atoms with Crippen LogP contribution in [-0.2, 0) is 13.0 Å². The predicted octanol–water partition coefficient (Wildman–Crippen LogP) is 2.82. The third-order valence-corrected chi connectivity index (χ3v) is 3.17. The summed E-state index contributed by atoms with van der Waals surface area (Å²) in [4.78, 5) is 0. The van der Waals surface area contributed by atoms with Crippen molar-refractivity contribution in [3.63, 3.8) is 0 Å². The van der Waals surface area contributed by atoms with Crippen LogP contribution in [0.3, 0.4) is 0 Å². The zero-order valence-electron chi connectivity index (χ0n) is 10.1. The van der Waals surface area contributed by atoms with E-state index in [1.54, 1.807) is 0 Å². The molecule has 0 radical (unpaired) electrons. The SMILES string of the molecule is Nc1ccc(CNc2ccc3c(c2)CCO3)cc1. The van der Waals surface area contributed by atoms with Crippen molar-refractivity contribution >= 4 is 11.4 Å². The quantitative estimate of drug-likeness (QED) is 0.811. The normalized spacial score (nSPS) is 12.9. The van der Waals surface area contributed by atoms with E-state index in [2.05, 4.69) is 17.4 Å². The number of hydrogen-bond acceptors (Lipinski definition) is 3. The fraction of sp³-hybridized carbons (Fsp3) is 0.200. The van der Waals surface area contributed by atoms with E-state index >= 15 is 0 Å². The van der Waals surface area contributed by atoms with E-state index in [1.165, 1.54) is 11.1 Å². The van der Waals surface area contributed by atoms with Crippen molar-refractivity contribution in [2.45, 2.75) is 13.0 Å². The summed E-state index contributed by atoms with van der Waals surface area (Å²) >= 11 is 0. The van der Waals surface area contributed by atoms with Gasteiger partial charge in [-0.05, 0) is 41.5 Å². The lowest BCUT2D eigenvalue weighted by molar-refractivity contribution is 0.357. The molecule has 2 aromatic rings. The number of benzene rings is 2. The summed E-state index contributed by atoms with van der Waals surface area (Å²) in [6, 6.07) is 14.2. The van der Waals surface area contributed by atoms with Crippen LogP contribution in [0.4, 0.5) is 11.4 Å². The molecule has 0 atom stereocenters. The van der Waals surface area contributed by atoms with Gasteiger partial charge < -0.3 is 15.8 Å². The lowest BCUT2D eigenvalue weighted by Gasteiger charge is -2.08. The van der Waals surface area contributed by atoms with Gasteiger partial charge in [0, 0.05) is 24.3 Å². The highest BCUT2D eigenvalue weighted by atomic mass is 16.5. The molecule has 3 heteroatoms. The number of nitrogens with one attached hydrogen (secondary N) is 1. The standard InChI is InChI=1S/C15H16N2O/c16-13-3-1-11(2-4-13)10-17-14-5-6-15-12(9-14)7-8-18-15/h1-6,9,17H,7-8,10,16H2. The summed E-state index contributed by atoms with van der Waals surface area (Å²) < 4.78 is 5.49. The summed E-state index contributed by atoms with van der Waals surface area (Å²) in [5.74, 6) is 1.02. The van der Waals surface area contributed by atoms with E-state index in [-0.39, 0.29) is 0 Å². The van der Waals surface area contributed by atoms with Crippen molar-refractivity contribution < 1.29 is 4.74 Å². The topological polar surface area (TPSA) is 47.3 Å². The van der Waals surface area contributed by atoms with E-state index in [1.807, 2.05) is 30.3 Å². The van der Waals surface area contributed by atoms with Gasteiger partial charge in [0.15, 0.2) is 0 Å². The van der Waals surface area contributed by atoms with Crippen LogP contribution in [0.5, 0.6) is 5.75 Å². The maximum Gasteiger partial charge on any atom is 0.122 e. The van der Waals surface area contributed by atoms with E-state index in [4.69, 9.17) is 10.5 Å². The highest BCUT2D eigenvalue weighted by Crippen LogP contribution is 2.28. The Morgan fingerprint density at radius 2 is 1.94 bits per heavy atom. The minimum atomic E-state index is 0.799. The highest BCUT2D eigenvalue weighted by Gasteiger charge is 2.11. The lowest BCUT2D eigenvalue weighted by Crippen LogP contribution is -1.99. The summed E-state index contributed by atoms with van der Waals surface area (Å²) in [6.07, 6.45) is 1.01. The Balaban J connectivity index is 1.68. The van der Waals surface area contributed by atoms with Crippen LogP contribution in [0, 0.1) is 0 Å². The summed E-state index contributed by atoms with van der Waals surface area (Å²) in [6.45, 7) is 1.61. The van der Waals surface area contributed by atoms with Gasteiger partial charge in [-0.2, -0.15) is 0 Å². The number of nitrogen functional groups attached to an aromatic ring is 1. The second kappa shape index (κ2) is 4.61. The van der Waals surface area contributed by atoms with Gasteiger partial charge in [-0.3, -0.25) is 0 Å². The minimum absolute atomic E-state index is 0.799. The van der Waals surface area contributed by atoms with E-state index in [9.17, 15) is 0 Å². The molecule has 18 heavy (non-hydrogen) atoms. The first-order chi connectivity index (χ1) is 8.81. The van der Waals surface area contributed by atoms with Crippen LogP contribution >= 0.6 is 0 Å². The Labute approximate surface area is 107 Å².